The van der Waals surface area contributed by atoms with E-state index in [-0.39, 0.29) is 5.91 Å². The average Bonchev–Trinajstić information content (AvgIpc) is 2.68. The Hall–Kier alpha value is -3.07. The molecular weight excluding hydrogens is 310 g/mol. The Labute approximate surface area is 148 Å². The zero-order chi connectivity index (χ0) is 17.5. The third-order valence-corrected chi connectivity index (χ3v) is 3.97. The van der Waals surface area contributed by atoms with E-state index in [9.17, 15) is 4.79 Å². The molecule has 3 aromatic carbocycles. The van der Waals surface area contributed by atoms with Crippen molar-refractivity contribution in [2.75, 3.05) is 6.54 Å². The van der Waals surface area contributed by atoms with Crippen LogP contribution in [0.15, 0.2) is 84.9 Å². The Kier molecular flexibility index (Phi) is 5.47. The molecule has 0 bridgehead atoms. The number of hydrogen-bond donors (Lipinski definition) is 0. The van der Waals surface area contributed by atoms with Gasteiger partial charge in [0, 0.05) is 13.1 Å². The summed E-state index contributed by atoms with van der Waals surface area (Å²) >= 11 is 0. The van der Waals surface area contributed by atoms with Gasteiger partial charge in [0.1, 0.15) is 11.5 Å². The molecular formula is C22H21NO2. The third kappa shape index (κ3) is 4.27. The van der Waals surface area contributed by atoms with E-state index in [0.29, 0.717) is 30.2 Å². The van der Waals surface area contributed by atoms with Crippen LogP contribution in [-0.4, -0.2) is 17.4 Å². The van der Waals surface area contributed by atoms with E-state index < -0.39 is 0 Å². The van der Waals surface area contributed by atoms with Gasteiger partial charge in [0.2, 0.25) is 0 Å². The van der Waals surface area contributed by atoms with Crippen molar-refractivity contribution in [2.24, 2.45) is 0 Å². The Balaban J connectivity index is 1.83. The molecule has 0 saturated carbocycles. The van der Waals surface area contributed by atoms with Crippen molar-refractivity contribution < 1.29 is 9.53 Å². The molecule has 3 heteroatoms. The number of carbonyl (C=O) groups excluding carboxylic acids is 1. The molecule has 0 spiro atoms. The van der Waals surface area contributed by atoms with Gasteiger partial charge in [-0.25, -0.2) is 0 Å². The fourth-order valence-corrected chi connectivity index (χ4v) is 2.65. The highest BCUT2D eigenvalue weighted by Gasteiger charge is 2.19. The van der Waals surface area contributed by atoms with Crippen molar-refractivity contribution in [1.82, 2.24) is 4.90 Å². The maximum Gasteiger partial charge on any atom is 0.257 e. The molecule has 0 radical (unpaired) electrons. The quantitative estimate of drug-likeness (QED) is 0.626. The first kappa shape index (κ1) is 16.8. The highest BCUT2D eigenvalue weighted by atomic mass is 16.5. The monoisotopic (exact) mass is 331 g/mol. The summed E-state index contributed by atoms with van der Waals surface area (Å²) in [7, 11) is 0. The molecule has 0 unspecified atom stereocenters. The second kappa shape index (κ2) is 8.15. The van der Waals surface area contributed by atoms with Crippen LogP contribution < -0.4 is 4.74 Å². The molecule has 3 rings (SSSR count). The molecule has 0 atom stereocenters. The lowest BCUT2D eigenvalue weighted by atomic mass is 10.1. The van der Waals surface area contributed by atoms with Crippen LogP contribution in [-0.2, 0) is 6.54 Å². The summed E-state index contributed by atoms with van der Waals surface area (Å²) in [5, 5.41) is 0. The minimum absolute atomic E-state index is 0.0297. The van der Waals surface area contributed by atoms with Gasteiger partial charge in [-0.15, -0.1) is 0 Å². The largest absolute Gasteiger partial charge is 0.457 e. The predicted molar refractivity (Wildman–Crippen MR) is 99.8 cm³/mol. The predicted octanol–water partition coefficient (Wildman–Crippen LogP) is 5.14. The second-order valence-corrected chi connectivity index (χ2v) is 5.72. The Morgan fingerprint density at radius 2 is 1.44 bits per heavy atom. The van der Waals surface area contributed by atoms with E-state index >= 15 is 0 Å². The zero-order valence-electron chi connectivity index (χ0n) is 14.3. The maximum atomic E-state index is 13.0. The van der Waals surface area contributed by atoms with E-state index in [4.69, 9.17) is 4.74 Å². The summed E-state index contributed by atoms with van der Waals surface area (Å²) < 4.78 is 5.93. The fourth-order valence-electron chi connectivity index (χ4n) is 2.65. The van der Waals surface area contributed by atoms with Crippen LogP contribution in [0, 0.1) is 0 Å². The van der Waals surface area contributed by atoms with Crippen molar-refractivity contribution in [2.45, 2.75) is 13.5 Å². The first-order valence-electron chi connectivity index (χ1n) is 8.43. The molecule has 0 aromatic heterocycles. The van der Waals surface area contributed by atoms with Crippen molar-refractivity contribution in [3.8, 4) is 11.5 Å². The molecule has 1 amide bonds. The highest BCUT2D eigenvalue weighted by molar-refractivity contribution is 5.97. The summed E-state index contributed by atoms with van der Waals surface area (Å²) in [6.07, 6.45) is 0. The number of carbonyl (C=O) groups is 1. The second-order valence-electron chi connectivity index (χ2n) is 5.72. The minimum Gasteiger partial charge on any atom is -0.457 e. The van der Waals surface area contributed by atoms with Crippen LogP contribution in [0.3, 0.4) is 0 Å². The van der Waals surface area contributed by atoms with E-state index in [1.54, 1.807) is 0 Å². The van der Waals surface area contributed by atoms with Crippen LogP contribution in [0.5, 0.6) is 11.5 Å². The van der Waals surface area contributed by atoms with Gasteiger partial charge in [0.25, 0.3) is 5.91 Å². The Morgan fingerprint density at radius 1 is 0.840 bits per heavy atom. The molecule has 0 fully saturated rings. The standard InChI is InChI=1S/C22H21NO2/c1-2-23(17-18-11-5-3-6-12-18)22(24)20-15-9-10-16-21(20)25-19-13-7-4-8-14-19/h3-16H,2,17H2,1H3. The maximum absolute atomic E-state index is 13.0. The summed E-state index contributed by atoms with van der Waals surface area (Å²) in [6.45, 7) is 3.20. The Bertz CT molecular complexity index is 816. The molecule has 0 saturated heterocycles. The molecule has 126 valence electrons. The van der Waals surface area contributed by atoms with Crippen LogP contribution in [0.2, 0.25) is 0 Å². The molecule has 3 nitrogen and oxygen atoms in total. The van der Waals surface area contributed by atoms with Crippen LogP contribution in [0.25, 0.3) is 0 Å². The van der Waals surface area contributed by atoms with Gasteiger partial charge in [0.15, 0.2) is 0 Å². The molecule has 0 aliphatic rings. The molecule has 0 aliphatic carbocycles. The molecule has 25 heavy (non-hydrogen) atoms. The number of hydrogen-bond acceptors (Lipinski definition) is 2. The lowest BCUT2D eigenvalue weighted by molar-refractivity contribution is 0.0750. The number of para-hydroxylation sites is 2. The molecule has 3 aromatic rings. The summed E-state index contributed by atoms with van der Waals surface area (Å²) in [4.78, 5) is 14.9. The topological polar surface area (TPSA) is 29.5 Å². The van der Waals surface area contributed by atoms with Crippen molar-refractivity contribution in [3.63, 3.8) is 0 Å². The van der Waals surface area contributed by atoms with Crippen molar-refractivity contribution in [3.05, 3.63) is 96.1 Å². The van der Waals surface area contributed by atoms with Gasteiger partial charge in [-0.3, -0.25) is 4.79 Å². The number of ether oxygens (including phenoxy) is 1. The molecule has 0 N–H and O–H groups in total. The van der Waals surface area contributed by atoms with Gasteiger partial charge < -0.3 is 9.64 Å². The summed E-state index contributed by atoms with van der Waals surface area (Å²) in [5.41, 5.74) is 1.68. The van der Waals surface area contributed by atoms with Crippen molar-refractivity contribution in [1.29, 1.82) is 0 Å². The van der Waals surface area contributed by atoms with E-state index in [1.165, 1.54) is 0 Å². The average molecular weight is 331 g/mol. The van der Waals surface area contributed by atoms with E-state index in [0.717, 1.165) is 5.56 Å². The SMILES string of the molecule is CCN(Cc1ccccc1)C(=O)c1ccccc1Oc1ccccc1. The first-order chi connectivity index (χ1) is 12.3. The van der Waals surface area contributed by atoms with Gasteiger partial charge in [0.05, 0.1) is 5.56 Å². The molecule has 0 aliphatic heterocycles. The lowest BCUT2D eigenvalue weighted by Crippen LogP contribution is -2.30. The van der Waals surface area contributed by atoms with Crippen LogP contribution in [0.4, 0.5) is 0 Å². The smallest absolute Gasteiger partial charge is 0.257 e. The highest BCUT2D eigenvalue weighted by Crippen LogP contribution is 2.26. The van der Waals surface area contributed by atoms with Gasteiger partial charge in [-0.1, -0.05) is 60.7 Å². The minimum atomic E-state index is -0.0297. The fraction of sp³-hybridized carbons (Fsp3) is 0.136. The summed E-state index contributed by atoms with van der Waals surface area (Å²) in [5.74, 6) is 1.26. The van der Waals surface area contributed by atoms with Crippen LogP contribution in [0.1, 0.15) is 22.8 Å². The third-order valence-electron chi connectivity index (χ3n) is 3.97. The van der Waals surface area contributed by atoms with Gasteiger partial charge in [-0.05, 0) is 36.8 Å². The van der Waals surface area contributed by atoms with Crippen molar-refractivity contribution >= 4 is 5.91 Å². The first-order valence-corrected chi connectivity index (χ1v) is 8.43. The zero-order valence-corrected chi connectivity index (χ0v) is 14.3. The number of amides is 1. The van der Waals surface area contributed by atoms with Gasteiger partial charge in [-0.2, -0.15) is 0 Å². The molecule has 0 heterocycles. The van der Waals surface area contributed by atoms with E-state index in [2.05, 4.69) is 0 Å². The lowest BCUT2D eigenvalue weighted by Gasteiger charge is -2.22. The number of rotatable bonds is 6. The Morgan fingerprint density at radius 3 is 2.12 bits per heavy atom. The van der Waals surface area contributed by atoms with Gasteiger partial charge >= 0.3 is 0 Å². The number of benzene rings is 3. The number of nitrogens with zero attached hydrogens (tertiary/aromatic N) is 1. The van der Waals surface area contributed by atoms with Crippen LogP contribution >= 0.6 is 0 Å². The normalized spacial score (nSPS) is 10.3. The van der Waals surface area contributed by atoms with E-state index in [1.807, 2.05) is 96.8 Å². The summed E-state index contributed by atoms with van der Waals surface area (Å²) in [6, 6.07) is 26.9.